The Labute approximate surface area is 182 Å². The molecule has 0 radical (unpaired) electrons. The first-order chi connectivity index (χ1) is 15.1. The van der Waals surface area contributed by atoms with Gasteiger partial charge in [0.15, 0.2) is 0 Å². The number of pyridine rings is 1. The molecule has 1 aliphatic heterocycles. The van der Waals surface area contributed by atoms with Crippen LogP contribution >= 0.6 is 0 Å². The van der Waals surface area contributed by atoms with Gasteiger partial charge in [0.2, 0.25) is 5.91 Å². The second-order valence-electron chi connectivity index (χ2n) is 7.60. The molecule has 3 aromatic rings. The molecule has 5 nitrogen and oxygen atoms in total. The zero-order valence-corrected chi connectivity index (χ0v) is 17.5. The van der Waals surface area contributed by atoms with Crippen LogP contribution in [-0.2, 0) is 11.3 Å². The van der Waals surface area contributed by atoms with Gasteiger partial charge in [-0.15, -0.1) is 6.58 Å². The summed E-state index contributed by atoms with van der Waals surface area (Å²) in [5.74, 6) is -0.256. The number of hydrogen-bond donors (Lipinski definition) is 1. The van der Waals surface area contributed by atoms with Crippen molar-refractivity contribution in [3.63, 3.8) is 0 Å². The molecule has 4 rings (SSSR count). The zero-order valence-electron chi connectivity index (χ0n) is 17.5. The average molecular weight is 412 g/mol. The van der Waals surface area contributed by atoms with Crippen LogP contribution in [0.5, 0.6) is 0 Å². The SMILES string of the molecule is C=CCCC(C(=O)NC)N1Cc2cc(-c3ccc(-c4ccccc4)cn3)ccc2C1=O. The summed E-state index contributed by atoms with van der Waals surface area (Å²) in [4.78, 5) is 31.7. The van der Waals surface area contributed by atoms with E-state index >= 15 is 0 Å². The predicted molar refractivity (Wildman–Crippen MR) is 122 cm³/mol. The Hall–Kier alpha value is -3.73. The van der Waals surface area contributed by atoms with Gasteiger partial charge in [0.1, 0.15) is 6.04 Å². The van der Waals surface area contributed by atoms with Gasteiger partial charge >= 0.3 is 0 Å². The van der Waals surface area contributed by atoms with Crippen LogP contribution < -0.4 is 5.32 Å². The monoisotopic (exact) mass is 411 g/mol. The van der Waals surface area contributed by atoms with Crippen molar-refractivity contribution < 1.29 is 9.59 Å². The fourth-order valence-corrected chi connectivity index (χ4v) is 3.99. The van der Waals surface area contributed by atoms with Crippen LogP contribution in [0.15, 0.2) is 79.5 Å². The molecule has 1 aliphatic rings. The minimum atomic E-state index is -0.505. The van der Waals surface area contributed by atoms with E-state index in [4.69, 9.17) is 0 Å². The van der Waals surface area contributed by atoms with Gasteiger partial charge in [-0.2, -0.15) is 0 Å². The lowest BCUT2D eigenvalue weighted by atomic mass is 10.0. The molecular weight excluding hydrogens is 386 g/mol. The summed E-state index contributed by atoms with van der Waals surface area (Å²) in [5.41, 5.74) is 5.55. The van der Waals surface area contributed by atoms with E-state index in [9.17, 15) is 9.59 Å². The minimum absolute atomic E-state index is 0.105. The van der Waals surface area contributed by atoms with E-state index in [1.165, 1.54) is 0 Å². The number of aromatic nitrogens is 1. The van der Waals surface area contributed by atoms with Gasteiger partial charge in [0.25, 0.3) is 5.91 Å². The highest BCUT2D eigenvalue weighted by atomic mass is 16.2. The Morgan fingerprint density at radius 1 is 1.13 bits per heavy atom. The lowest BCUT2D eigenvalue weighted by Crippen LogP contribution is -2.46. The third kappa shape index (κ3) is 4.12. The van der Waals surface area contributed by atoms with Crippen LogP contribution in [0.3, 0.4) is 0 Å². The summed E-state index contributed by atoms with van der Waals surface area (Å²) >= 11 is 0. The van der Waals surface area contributed by atoms with Crippen molar-refractivity contribution in [2.24, 2.45) is 0 Å². The highest BCUT2D eigenvalue weighted by Gasteiger charge is 2.35. The van der Waals surface area contributed by atoms with Crippen molar-refractivity contribution in [2.45, 2.75) is 25.4 Å². The number of allylic oxidation sites excluding steroid dienone is 1. The smallest absolute Gasteiger partial charge is 0.255 e. The molecule has 5 heteroatoms. The predicted octanol–water partition coefficient (Wildman–Crippen LogP) is 4.45. The molecule has 0 fully saturated rings. The van der Waals surface area contributed by atoms with Crippen molar-refractivity contribution in [3.8, 4) is 22.4 Å². The number of fused-ring (bicyclic) bond motifs is 1. The molecule has 0 spiro atoms. The number of rotatable bonds is 7. The van der Waals surface area contributed by atoms with Crippen molar-refractivity contribution in [1.82, 2.24) is 15.2 Å². The molecule has 0 aliphatic carbocycles. The highest BCUT2D eigenvalue weighted by Crippen LogP contribution is 2.30. The van der Waals surface area contributed by atoms with Crippen LogP contribution in [0, 0.1) is 0 Å². The van der Waals surface area contributed by atoms with E-state index < -0.39 is 6.04 Å². The van der Waals surface area contributed by atoms with Gasteiger partial charge in [0.05, 0.1) is 5.69 Å². The van der Waals surface area contributed by atoms with Crippen molar-refractivity contribution >= 4 is 11.8 Å². The molecular formula is C26H25N3O2. The van der Waals surface area contributed by atoms with Gasteiger partial charge in [0, 0.05) is 36.5 Å². The molecule has 1 aromatic heterocycles. The van der Waals surface area contributed by atoms with Crippen LogP contribution in [0.1, 0.15) is 28.8 Å². The Kier molecular flexibility index (Phi) is 5.94. The van der Waals surface area contributed by atoms with Gasteiger partial charge in [-0.3, -0.25) is 14.6 Å². The zero-order chi connectivity index (χ0) is 21.8. The van der Waals surface area contributed by atoms with E-state index in [2.05, 4.69) is 35.1 Å². The highest BCUT2D eigenvalue weighted by molar-refractivity contribution is 6.01. The Balaban J connectivity index is 1.58. The topological polar surface area (TPSA) is 62.3 Å². The van der Waals surface area contributed by atoms with Gasteiger partial charge in [-0.1, -0.05) is 48.5 Å². The molecule has 156 valence electrons. The molecule has 0 saturated carbocycles. The summed E-state index contributed by atoms with van der Waals surface area (Å²) < 4.78 is 0. The standard InChI is InChI=1S/C26H25N3O2/c1-3-4-10-24(25(30)27-2)29-17-21-15-19(11-13-22(21)26(29)31)23-14-12-20(16-28-23)18-8-6-5-7-9-18/h3,5-9,11-16,24H,1,4,10,17H2,2H3,(H,27,30). The molecule has 0 bridgehead atoms. The van der Waals surface area contributed by atoms with E-state index in [1.54, 1.807) is 18.0 Å². The quantitative estimate of drug-likeness (QED) is 0.584. The molecule has 1 unspecified atom stereocenters. The van der Waals surface area contributed by atoms with E-state index in [-0.39, 0.29) is 11.8 Å². The average Bonchev–Trinajstić information content (AvgIpc) is 3.15. The van der Waals surface area contributed by atoms with Crippen molar-refractivity contribution in [2.75, 3.05) is 7.05 Å². The van der Waals surface area contributed by atoms with E-state index in [1.807, 2.05) is 48.7 Å². The second kappa shape index (κ2) is 8.96. The number of hydrogen-bond acceptors (Lipinski definition) is 3. The van der Waals surface area contributed by atoms with Gasteiger partial charge < -0.3 is 10.2 Å². The molecule has 31 heavy (non-hydrogen) atoms. The Bertz CT molecular complexity index is 1110. The fourth-order valence-electron chi connectivity index (χ4n) is 3.99. The van der Waals surface area contributed by atoms with Gasteiger partial charge in [-0.05, 0) is 42.2 Å². The lowest BCUT2D eigenvalue weighted by Gasteiger charge is -2.26. The maximum atomic E-state index is 13.0. The van der Waals surface area contributed by atoms with Crippen LogP contribution in [-0.4, -0.2) is 34.8 Å². The number of nitrogens with one attached hydrogen (secondary N) is 1. The Morgan fingerprint density at radius 3 is 2.58 bits per heavy atom. The first-order valence-electron chi connectivity index (χ1n) is 10.4. The van der Waals surface area contributed by atoms with E-state index in [0.29, 0.717) is 24.9 Å². The Morgan fingerprint density at radius 2 is 1.90 bits per heavy atom. The summed E-state index contributed by atoms with van der Waals surface area (Å²) in [7, 11) is 1.60. The number of amides is 2. The molecule has 1 atom stereocenters. The van der Waals surface area contributed by atoms with Crippen LogP contribution in [0.25, 0.3) is 22.4 Å². The first-order valence-corrected chi connectivity index (χ1v) is 10.4. The fraction of sp³-hybridized carbons (Fsp3) is 0.192. The lowest BCUT2D eigenvalue weighted by molar-refractivity contribution is -0.125. The normalized spacial score (nSPS) is 13.6. The number of nitrogens with zero attached hydrogens (tertiary/aromatic N) is 2. The summed E-state index contributed by atoms with van der Waals surface area (Å²) in [6, 6.07) is 19.4. The number of benzene rings is 2. The number of likely N-dealkylation sites (N-methyl/N-ethyl adjacent to an activating group) is 1. The van der Waals surface area contributed by atoms with Crippen LogP contribution in [0.4, 0.5) is 0 Å². The number of carbonyl (C=O) groups is 2. The third-order valence-corrected chi connectivity index (χ3v) is 5.67. The molecule has 2 amide bonds. The minimum Gasteiger partial charge on any atom is -0.357 e. The van der Waals surface area contributed by atoms with Crippen molar-refractivity contribution in [3.05, 3.63) is 90.6 Å². The summed E-state index contributed by atoms with van der Waals surface area (Å²) in [6.07, 6.45) is 4.86. The largest absolute Gasteiger partial charge is 0.357 e. The summed E-state index contributed by atoms with van der Waals surface area (Å²) in [5, 5.41) is 2.68. The maximum absolute atomic E-state index is 13.0. The first kappa shape index (κ1) is 20.5. The molecule has 2 aromatic carbocycles. The molecule has 0 saturated heterocycles. The van der Waals surface area contributed by atoms with E-state index in [0.717, 1.165) is 27.9 Å². The van der Waals surface area contributed by atoms with Gasteiger partial charge in [-0.25, -0.2) is 0 Å². The second-order valence-corrected chi connectivity index (χ2v) is 7.60. The summed E-state index contributed by atoms with van der Waals surface area (Å²) in [6.45, 7) is 4.15. The molecule has 1 N–H and O–H groups in total. The van der Waals surface area contributed by atoms with Crippen molar-refractivity contribution in [1.29, 1.82) is 0 Å². The molecule has 2 heterocycles. The maximum Gasteiger partial charge on any atom is 0.255 e. The third-order valence-electron chi connectivity index (χ3n) is 5.67. The number of carbonyl (C=O) groups excluding carboxylic acids is 2. The van der Waals surface area contributed by atoms with Crippen LogP contribution in [0.2, 0.25) is 0 Å².